The highest BCUT2D eigenvalue weighted by atomic mass is 16.4. The topological polar surface area (TPSA) is 270 Å². The Kier molecular flexibility index (Phi) is 22.7. The maximum Gasteiger partial charge on any atom is 0.317 e. The minimum Gasteiger partial charge on any atom is -0.480 e. The Labute approximate surface area is 386 Å². The summed E-state index contributed by atoms with van der Waals surface area (Å²) in [6, 6.07) is 16.1. The second-order valence-electron chi connectivity index (χ2n) is 17.6. The predicted molar refractivity (Wildman–Crippen MR) is 245 cm³/mol. The van der Waals surface area contributed by atoms with Crippen LogP contribution in [0.4, 0.5) is 0 Å². The van der Waals surface area contributed by atoms with Gasteiger partial charge in [-0.3, -0.25) is 58.0 Å². The fourth-order valence-corrected chi connectivity index (χ4v) is 7.77. The summed E-state index contributed by atoms with van der Waals surface area (Å²) < 4.78 is 0. The third-order valence-corrected chi connectivity index (χ3v) is 11.6. The molecule has 0 bridgehead atoms. The van der Waals surface area contributed by atoms with Crippen LogP contribution in [0.25, 0.3) is 0 Å². The number of rotatable bonds is 25. The van der Waals surface area contributed by atoms with Gasteiger partial charge in [0.2, 0.25) is 30.0 Å². The van der Waals surface area contributed by atoms with E-state index in [1.165, 1.54) is 0 Å². The molecule has 5 amide bonds. The lowest BCUT2D eigenvalue weighted by molar-refractivity contribution is -0.140. The highest BCUT2D eigenvalue weighted by Crippen LogP contribution is 2.30. The van der Waals surface area contributed by atoms with Crippen molar-refractivity contribution in [2.24, 2.45) is 5.41 Å². The Balaban J connectivity index is 1.71. The van der Waals surface area contributed by atoms with Gasteiger partial charge in [0.15, 0.2) is 0 Å². The lowest BCUT2D eigenvalue weighted by atomic mass is 9.77. The molecule has 20 heteroatoms. The summed E-state index contributed by atoms with van der Waals surface area (Å²) in [6.45, 7) is 8.28. The molecule has 1 unspecified atom stereocenters. The van der Waals surface area contributed by atoms with Crippen LogP contribution in [0.2, 0.25) is 0 Å². The van der Waals surface area contributed by atoms with Crippen LogP contribution in [-0.4, -0.2) is 192 Å². The van der Waals surface area contributed by atoms with Crippen LogP contribution < -0.4 is 26.6 Å². The second kappa shape index (κ2) is 27.5. The molecule has 20 nitrogen and oxygen atoms in total. The van der Waals surface area contributed by atoms with E-state index in [1.54, 1.807) is 33.4 Å². The van der Waals surface area contributed by atoms with Gasteiger partial charge in [0, 0.05) is 89.2 Å². The first kappa shape index (κ1) is 54.4. The Morgan fingerprint density at radius 2 is 0.985 bits per heavy atom. The number of hydrogen-bond donors (Lipinski definition) is 8. The van der Waals surface area contributed by atoms with Gasteiger partial charge in [-0.25, -0.2) is 0 Å². The summed E-state index contributed by atoms with van der Waals surface area (Å²) in [6.07, 6.45) is 1.73. The van der Waals surface area contributed by atoms with Gasteiger partial charge in [-0.15, -0.1) is 0 Å². The third-order valence-electron chi connectivity index (χ3n) is 11.6. The standard InChI is InChI=1S/C46H69N9O11/c1-5-46(4,49-33-56)32-45(2,3)44(66)51-37(27-35-14-10-7-11-15-35)43(65)50-36(26-34-12-8-6-9-13-34)42(64)48-17-16-47-38(57)28-52-18-20-53(29-39(58)59)22-24-55(31-41(62)63)25-23-54(21-19-52)30-40(60)61/h6-15,33,36-37H,5,16-32H2,1-4H3,(H,47,57)(H,48,64)(H,49,56)(H,50,65)(H,51,66)(H,58,59)(H,60,61)(H,62,63)/t36-,37-,46?/m0/s1. The molecule has 2 aromatic carbocycles. The van der Waals surface area contributed by atoms with Crippen LogP contribution in [0.3, 0.4) is 0 Å². The average Bonchev–Trinajstić information content (AvgIpc) is 3.25. The Morgan fingerprint density at radius 3 is 1.38 bits per heavy atom. The van der Waals surface area contributed by atoms with Crippen molar-refractivity contribution in [3.8, 4) is 0 Å². The maximum atomic E-state index is 14.2. The first-order chi connectivity index (χ1) is 31.3. The Morgan fingerprint density at radius 1 is 0.591 bits per heavy atom. The van der Waals surface area contributed by atoms with Crippen molar-refractivity contribution in [1.82, 2.24) is 46.2 Å². The third kappa shape index (κ3) is 20.5. The minimum absolute atomic E-state index is 0.000739. The van der Waals surface area contributed by atoms with Crippen molar-refractivity contribution in [2.45, 2.75) is 71.0 Å². The second-order valence-corrected chi connectivity index (χ2v) is 17.6. The van der Waals surface area contributed by atoms with E-state index in [0.29, 0.717) is 19.3 Å². The normalized spacial score (nSPS) is 16.7. The van der Waals surface area contributed by atoms with Crippen molar-refractivity contribution in [1.29, 1.82) is 0 Å². The predicted octanol–water partition coefficient (Wildman–Crippen LogP) is -0.520. The van der Waals surface area contributed by atoms with Gasteiger partial charge in [0.1, 0.15) is 12.1 Å². The van der Waals surface area contributed by atoms with Crippen LogP contribution >= 0.6 is 0 Å². The van der Waals surface area contributed by atoms with E-state index in [0.717, 1.165) is 11.1 Å². The molecule has 1 aliphatic rings. The number of aliphatic carboxylic acids is 3. The number of carbonyl (C=O) groups excluding carboxylic acids is 5. The molecule has 0 aromatic heterocycles. The van der Waals surface area contributed by atoms with Gasteiger partial charge in [0.05, 0.1) is 26.2 Å². The summed E-state index contributed by atoms with van der Waals surface area (Å²) in [7, 11) is 0. The van der Waals surface area contributed by atoms with Crippen molar-refractivity contribution < 1.29 is 53.7 Å². The number of hydrogen-bond acceptors (Lipinski definition) is 12. The smallest absolute Gasteiger partial charge is 0.317 e. The highest BCUT2D eigenvalue weighted by molar-refractivity contribution is 5.93. The van der Waals surface area contributed by atoms with Gasteiger partial charge >= 0.3 is 17.9 Å². The molecule has 3 rings (SSSR count). The van der Waals surface area contributed by atoms with Gasteiger partial charge in [-0.1, -0.05) is 81.4 Å². The zero-order valence-corrected chi connectivity index (χ0v) is 38.6. The highest BCUT2D eigenvalue weighted by Gasteiger charge is 2.38. The first-order valence-corrected chi connectivity index (χ1v) is 22.3. The zero-order chi connectivity index (χ0) is 48.7. The molecule has 1 heterocycles. The number of carboxylic acids is 3. The summed E-state index contributed by atoms with van der Waals surface area (Å²) in [5.41, 5.74) is -0.122. The van der Waals surface area contributed by atoms with Gasteiger partial charge in [-0.05, 0) is 30.9 Å². The van der Waals surface area contributed by atoms with E-state index >= 15 is 0 Å². The molecule has 1 aliphatic heterocycles. The lowest BCUT2D eigenvalue weighted by Crippen LogP contribution is -2.57. The molecule has 8 N–H and O–H groups in total. The van der Waals surface area contributed by atoms with Crippen LogP contribution in [0, 0.1) is 5.41 Å². The lowest BCUT2D eigenvalue weighted by Gasteiger charge is -2.36. The fraction of sp³-hybridized carbons (Fsp3) is 0.565. The number of carboxylic acid groups (broad SMARTS) is 3. The summed E-state index contributed by atoms with van der Waals surface area (Å²) in [5, 5.41) is 42.7. The van der Waals surface area contributed by atoms with E-state index < -0.39 is 64.6 Å². The van der Waals surface area contributed by atoms with Crippen molar-refractivity contribution in [3.05, 3.63) is 71.8 Å². The zero-order valence-electron chi connectivity index (χ0n) is 38.6. The van der Waals surface area contributed by atoms with Crippen LogP contribution in [0.15, 0.2) is 60.7 Å². The van der Waals surface area contributed by atoms with E-state index in [-0.39, 0.29) is 104 Å². The molecule has 1 saturated heterocycles. The first-order valence-electron chi connectivity index (χ1n) is 22.3. The van der Waals surface area contributed by atoms with Crippen molar-refractivity contribution in [2.75, 3.05) is 91.6 Å². The van der Waals surface area contributed by atoms with E-state index in [1.807, 2.05) is 74.5 Å². The molecular formula is C46H69N9O11. The largest absolute Gasteiger partial charge is 0.480 e. The molecule has 2 aromatic rings. The Bertz CT molecular complexity index is 1870. The molecule has 0 saturated carbocycles. The number of benzene rings is 2. The summed E-state index contributed by atoms with van der Waals surface area (Å²) >= 11 is 0. The van der Waals surface area contributed by atoms with Crippen LogP contribution in [-0.2, 0) is 51.2 Å². The minimum atomic E-state index is -1.07. The number of nitrogens with one attached hydrogen (secondary N) is 5. The van der Waals surface area contributed by atoms with Gasteiger partial charge < -0.3 is 41.9 Å². The van der Waals surface area contributed by atoms with Crippen molar-refractivity contribution >= 4 is 47.9 Å². The Hall–Kier alpha value is -5.96. The maximum absolute atomic E-state index is 14.2. The van der Waals surface area contributed by atoms with Gasteiger partial charge in [-0.2, -0.15) is 0 Å². The number of nitrogens with zero attached hydrogens (tertiary/aromatic N) is 4. The number of amides is 5. The molecular weight excluding hydrogens is 855 g/mol. The number of carbonyl (C=O) groups is 8. The molecule has 0 radical (unpaired) electrons. The molecule has 66 heavy (non-hydrogen) atoms. The molecule has 364 valence electrons. The average molecular weight is 924 g/mol. The monoisotopic (exact) mass is 924 g/mol. The van der Waals surface area contributed by atoms with Crippen molar-refractivity contribution in [3.63, 3.8) is 0 Å². The van der Waals surface area contributed by atoms with Gasteiger partial charge in [0.25, 0.3) is 0 Å². The molecule has 1 fully saturated rings. The molecule has 0 aliphatic carbocycles. The SMILES string of the molecule is CCC(C)(CC(C)(C)C(=O)N[C@@H](Cc1ccccc1)C(=O)N[C@@H](Cc1ccccc1)C(=O)NCCNC(=O)CN1CCN(CC(=O)O)CCN(CC(=O)O)CCN(CC(=O)O)CC1)NC=O. The van der Waals surface area contributed by atoms with Crippen LogP contribution in [0.5, 0.6) is 0 Å². The fourth-order valence-electron chi connectivity index (χ4n) is 7.77. The van der Waals surface area contributed by atoms with Crippen LogP contribution in [0.1, 0.15) is 51.7 Å². The van der Waals surface area contributed by atoms with E-state index in [2.05, 4.69) is 26.6 Å². The summed E-state index contributed by atoms with van der Waals surface area (Å²) in [4.78, 5) is 108. The molecule has 0 spiro atoms. The van der Waals surface area contributed by atoms with E-state index in [9.17, 15) is 53.7 Å². The molecule has 3 atom stereocenters. The van der Waals surface area contributed by atoms with E-state index in [4.69, 9.17) is 0 Å². The summed E-state index contributed by atoms with van der Waals surface area (Å²) in [5.74, 6) is -5.07. The quantitative estimate of drug-likeness (QED) is 0.0460.